The highest BCUT2D eigenvalue weighted by Gasteiger charge is 2.27. The number of aromatic nitrogens is 2. The van der Waals surface area contributed by atoms with Crippen LogP contribution in [0.5, 0.6) is 5.88 Å². The summed E-state index contributed by atoms with van der Waals surface area (Å²) < 4.78 is 31.7. The molecule has 184 valence electrons. The maximum Gasteiger partial charge on any atom is 0.320 e. The number of rotatable bonds is 4. The number of carbonyl (C=O) groups is 1. The summed E-state index contributed by atoms with van der Waals surface area (Å²) in [7, 11) is 1.58. The molecule has 1 saturated heterocycles. The average molecular weight is 483 g/mol. The molecule has 1 fully saturated rings. The smallest absolute Gasteiger partial charge is 0.320 e. The highest BCUT2D eigenvalue weighted by Crippen LogP contribution is 2.39. The zero-order valence-corrected chi connectivity index (χ0v) is 19.5. The standard InChI is InChI=1S/C24H27FN6O4/c1-12-15(9-29-23-22(12)27-4-6-35-23)14-7-13-8-19(28-10-16(13)21(26)20(14)25)31-24(32)30-17-3-5-34-11-18(17)33-2/h7-10,17-18,27H,3-6,11,26H2,1-2H3,(H2,28,30,31,32)/t17-,18-/m0/s1. The second kappa shape index (κ2) is 9.51. The number of amides is 2. The van der Waals surface area contributed by atoms with E-state index in [-0.39, 0.29) is 17.8 Å². The predicted octanol–water partition coefficient (Wildman–Crippen LogP) is 3.06. The molecule has 3 aromatic rings. The highest BCUT2D eigenvalue weighted by atomic mass is 19.1. The Kier molecular flexibility index (Phi) is 6.27. The van der Waals surface area contributed by atoms with Crippen LogP contribution >= 0.6 is 0 Å². The van der Waals surface area contributed by atoms with Crippen LogP contribution in [-0.4, -0.2) is 61.6 Å². The van der Waals surface area contributed by atoms with E-state index >= 15 is 4.39 Å². The first-order chi connectivity index (χ1) is 17.0. The van der Waals surface area contributed by atoms with Crippen LogP contribution in [0.4, 0.5) is 26.4 Å². The second-order valence-corrected chi connectivity index (χ2v) is 8.54. The molecule has 0 aliphatic carbocycles. The third-order valence-electron chi connectivity index (χ3n) is 6.40. The van der Waals surface area contributed by atoms with Crippen molar-refractivity contribution in [2.75, 3.05) is 49.8 Å². The van der Waals surface area contributed by atoms with Crippen molar-refractivity contribution < 1.29 is 23.4 Å². The van der Waals surface area contributed by atoms with Gasteiger partial charge in [-0.05, 0) is 36.4 Å². The molecule has 35 heavy (non-hydrogen) atoms. The normalized spacial score (nSPS) is 19.4. The molecular weight excluding hydrogens is 455 g/mol. The van der Waals surface area contributed by atoms with Gasteiger partial charge in [-0.25, -0.2) is 19.2 Å². The number of ether oxygens (including phenoxy) is 3. The van der Waals surface area contributed by atoms with Gasteiger partial charge in [0.2, 0.25) is 5.88 Å². The number of hydrogen-bond acceptors (Lipinski definition) is 8. The summed E-state index contributed by atoms with van der Waals surface area (Å²) in [4.78, 5) is 21.2. The number of nitrogens with zero attached hydrogens (tertiary/aromatic N) is 2. The van der Waals surface area contributed by atoms with Crippen molar-refractivity contribution in [3.63, 3.8) is 0 Å². The molecule has 2 aromatic heterocycles. The molecule has 0 unspecified atom stereocenters. The molecule has 5 rings (SSSR count). The van der Waals surface area contributed by atoms with Crippen LogP contribution in [0.2, 0.25) is 0 Å². The molecule has 11 heteroatoms. The van der Waals surface area contributed by atoms with Gasteiger partial charge in [-0.1, -0.05) is 0 Å². The molecular formula is C24H27FN6O4. The summed E-state index contributed by atoms with van der Waals surface area (Å²) in [6.07, 6.45) is 3.45. The summed E-state index contributed by atoms with van der Waals surface area (Å²) in [6.45, 7) is 4.01. The van der Waals surface area contributed by atoms with Crippen molar-refractivity contribution in [1.82, 2.24) is 15.3 Å². The number of anilines is 3. The van der Waals surface area contributed by atoms with Crippen LogP contribution in [0.3, 0.4) is 0 Å². The first-order valence-corrected chi connectivity index (χ1v) is 11.4. The number of nitrogens with two attached hydrogens (primary N) is 1. The lowest BCUT2D eigenvalue weighted by molar-refractivity contribution is -0.0466. The van der Waals surface area contributed by atoms with Crippen molar-refractivity contribution in [2.45, 2.75) is 25.5 Å². The third-order valence-corrected chi connectivity index (χ3v) is 6.40. The molecule has 2 aliphatic heterocycles. The van der Waals surface area contributed by atoms with Crippen LogP contribution in [0.25, 0.3) is 21.9 Å². The first-order valence-electron chi connectivity index (χ1n) is 11.4. The number of fused-ring (bicyclic) bond motifs is 2. The van der Waals surface area contributed by atoms with E-state index in [9.17, 15) is 4.79 Å². The molecule has 0 bridgehead atoms. The van der Waals surface area contributed by atoms with E-state index in [1.54, 1.807) is 25.4 Å². The van der Waals surface area contributed by atoms with Crippen LogP contribution in [0, 0.1) is 12.7 Å². The van der Waals surface area contributed by atoms with Crippen molar-refractivity contribution in [1.29, 1.82) is 0 Å². The van der Waals surface area contributed by atoms with Crippen molar-refractivity contribution >= 4 is 34.0 Å². The molecule has 0 saturated carbocycles. The van der Waals surface area contributed by atoms with Gasteiger partial charge in [-0.3, -0.25) is 5.32 Å². The Morgan fingerprint density at radius 2 is 2.11 bits per heavy atom. The van der Waals surface area contributed by atoms with Crippen LogP contribution in [0.1, 0.15) is 12.0 Å². The van der Waals surface area contributed by atoms with Crippen molar-refractivity contribution in [2.24, 2.45) is 0 Å². The van der Waals surface area contributed by atoms with Crippen molar-refractivity contribution in [3.05, 3.63) is 35.9 Å². The molecule has 5 N–H and O–H groups in total. The maximum absolute atomic E-state index is 15.3. The van der Waals surface area contributed by atoms with Gasteiger partial charge >= 0.3 is 6.03 Å². The average Bonchev–Trinajstić information content (AvgIpc) is 2.87. The number of benzene rings is 1. The quantitative estimate of drug-likeness (QED) is 0.417. The Morgan fingerprint density at radius 1 is 1.26 bits per heavy atom. The van der Waals surface area contributed by atoms with E-state index < -0.39 is 11.8 Å². The number of methoxy groups -OCH3 is 1. The predicted molar refractivity (Wildman–Crippen MR) is 130 cm³/mol. The fourth-order valence-electron chi connectivity index (χ4n) is 4.48. The van der Waals surface area contributed by atoms with E-state index in [4.69, 9.17) is 19.9 Å². The van der Waals surface area contributed by atoms with Gasteiger partial charge in [0.05, 0.1) is 18.3 Å². The molecule has 2 amide bonds. The number of halogens is 1. The summed E-state index contributed by atoms with van der Waals surface area (Å²) in [6, 6.07) is 2.75. The Bertz CT molecular complexity index is 1290. The molecule has 2 aliphatic rings. The van der Waals surface area contributed by atoms with Crippen LogP contribution in [-0.2, 0) is 9.47 Å². The van der Waals surface area contributed by atoms with E-state index in [1.807, 2.05) is 6.92 Å². The van der Waals surface area contributed by atoms with E-state index in [0.717, 1.165) is 11.3 Å². The molecule has 0 radical (unpaired) electrons. The lowest BCUT2D eigenvalue weighted by atomic mass is 9.97. The van der Waals surface area contributed by atoms with Crippen LogP contribution in [0.15, 0.2) is 24.5 Å². The lowest BCUT2D eigenvalue weighted by Gasteiger charge is -2.30. The summed E-state index contributed by atoms with van der Waals surface area (Å²) in [5.74, 6) is 0.251. The van der Waals surface area contributed by atoms with E-state index in [1.165, 1.54) is 6.20 Å². The molecule has 4 heterocycles. The summed E-state index contributed by atoms with van der Waals surface area (Å²) >= 11 is 0. The SMILES string of the molecule is CO[C@H]1COCC[C@@H]1NC(=O)Nc1cc2cc(-c3cnc4c(c3C)NCCO4)c(F)c(N)c2cn1. The fourth-order valence-corrected chi connectivity index (χ4v) is 4.48. The molecule has 10 nitrogen and oxygen atoms in total. The lowest BCUT2D eigenvalue weighted by Crippen LogP contribution is -2.50. The zero-order chi connectivity index (χ0) is 24.5. The van der Waals surface area contributed by atoms with Gasteiger partial charge in [0.15, 0.2) is 5.82 Å². The molecule has 2 atom stereocenters. The molecule has 1 aromatic carbocycles. The Morgan fingerprint density at radius 3 is 2.94 bits per heavy atom. The molecule has 0 spiro atoms. The van der Waals surface area contributed by atoms with Gasteiger partial charge in [-0.2, -0.15) is 0 Å². The highest BCUT2D eigenvalue weighted by molar-refractivity contribution is 6.00. The third kappa shape index (κ3) is 4.40. The van der Waals surface area contributed by atoms with E-state index in [2.05, 4.69) is 25.9 Å². The minimum Gasteiger partial charge on any atom is -0.474 e. The van der Waals surface area contributed by atoms with Gasteiger partial charge in [0, 0.05) is 49.2 Å². The minimum absolute atomic E-state index is 0.0209. The Hall–Kier alpha value is -3.70. The van der Waals surface area contributed by atoms with Gasteiger partial charge in [-0.15, -0.1) is 0 Å². The van der Waals surface area contributed by atoms with Gasteiger partial charge < -0.3 is 30.6 Å². The number of hydrogen-bond donors (Lipinski definition) is 4. The second-order valence-electron chi connectivity index (χ2n) is 8.54. The first kappa shape index (κ1) is 23.1. The topological polar surface area (TPSA) is 133 Å². The van der Waals surface area contributed by atoms with Crippen LogP contribution < -0.4 is 26.4 Å². The minimum atomic E-state index is -0.551. The van der Waals surface area contributed by atoms with E-state index in [0.29, 0.717) is 66.4 Å². The summed E-state index contributed by atoms with van der Waals surface area (Å²) in [5.41, 5.74) is 8.58. The van der Waals surface area contributed by atoms with Gasteiger partial charge in [0.1, 0.15) is 24.2 Å². The number of nitrogen functional groups attached to an aromatic ring is 1. The largest absolute Gasteiger partial charge is 0.474 e. The van der Waals surface area contributed by atoms with Gasteiger partial charge in [0.25, 0.3) is 0 Å². The monoisotopic (exact) mass is 482 g/mol. The summed E-state index contributed by atoms with van der Waals surface area (Å²) in [5, 5.41) is 9.99. The Balaban J connectivity index is 1.44. The van der Waals surface area contributed by atoms with Crippen molar-refractivity contribution in [3.8, 4) is 17.0 Å². The maximum atomic E-state index is 15.3. The number of pyridine rings is 2. The number of urea groups is 1. The number of carbonyl (C=O) groups excluding carboxylic acids is 1. The fraction of sp³-hybridized carbons (Fsp3) is 0.375. The Labute approximate surface area is 201 Å². The zero-order valence-electron chi connectivity index (χ0n) is 19.5. The number of nitrogens with one attached hydrogen (secondary N) is 3.